The lowest BCUT2D eigenvalue weighted by Gasteiger charge is -2.16. The lowest BCUT2D eigenvalue weighted by Crippen LogP contribution is -2.37. The molecule has 2 amide bonds. The third-order valence-corrected chi connectivity index (χ3v) is 3.68. The van der Waals surface area contributed by atoms with Crippen LogP contribution in [0.4, 0.5) is 13.6 Å². The van der Waals surface area contributed by atoms with Gasteiger partial charge in [0.1, 0.15) is 0 Å². The number of carbonyl (C=O) groups excluding carboxylic acids is 1. The maximum atomic E-state index is 13.2. The molecule has 128 valence electrons. The zero-order valence-electron chi connectivity index (χ0n) is 13.3. The first-order valence-electron chi connectivity index (χ1n) is 7.69. The number of aliphatic hydroxyl groups is 1. The fraction of sp³-hybridized carbons (Fsp3) is 0.278. The minimum Gasteiger partial charge on any atom is -0.388 e. The maximum Gasteiger partial charge on any atom is 0.315 e. The highest BCUT2D eigenvalue weighted by atomic mass is 19.2. The fourth-order valence-electron chi connectivity index (χ4n) is 2.28. The molecule has 2 rings (SSSR count). The van der Waals surface area contributed by atoms with Gasteiger partial charge in [-0.05, 0) is 36.6 Å². The minimum atomic E-state index is -0.951. The Hall–Kier alpha value is -2.47. The molecule has 0 aliphatic carbocycles. The first-order valence-corrected chi connectivity index (χ1v) is 7.69. The van der Waals surface area contributed by atoms with Crippen molar-refractivity contribution in [2.24, 2.45) is 0 Å². The van der Waals surface area contributed by atoms with E-state index in [2.05, 4.69) is 10.6 Å². The van der Waals surface area contributed by atoms with Gasteiger partial charge in [-0.1, -0.05) is 36.4 Å². The summed E-state index contributed by atoms with van der Waals surface area (Å²) in [6.07, 6.45) is -0.285. The van der Waals surface area contributed by atoms with Gasteiger partial charge in [0.05, 0.1) is 12.1 Å². The van der Waals surface area contributed by atoms with Gasteiger partial charge in [0.2, 0.25) is 0 Å². The first-order chi connectivity index (χ1) is 11.5. The molecule has 0 heterocycles. The van der Waals surface area contributed by atoms with Gasteiger partial charge >= 0.3 is 6.03 Å². The molecule has 0 aliphatic heterocycles. The molecular weight excluding hydrogens is 314 g/mol. The largest absolute Gasteiger partial charge is 0.388 e. The number of urea groups is 1. The lowest BCUT2D eigenvalue weighted by molar-refractivity contribution is 0.166. The van der Waals surface area contributed by atoms with Gasteiger partial charge in [-0.3, -0.25) is 0 Å². The molecule has 24 heavy (non-hydrogen) atoms. The van der Waals surface area contributed by atoms with E-state index >= 15 is 0 Å². The summed E-state index contributed by atoms with van der Waals surface area (Å²) in [6.45, 7) is 1.96. The number of carbonyl (C=O) groups is 1. The van der Waals surface area contributed by atoms with Gasteiger partial charge in [-0.2, -0.15) is 0 Å². The van der Waals surface area contributed by atoms with Crippen LogP contribution in [-0.4, -0.2) is 17.7 Å². The highest BCUT2D eigenvalue weighted by molar-refractivity contribution is 5.74. The Balaban J connectivity index is 1.77. The Bertz CT molecular complexity index is 680. The minimum absolute atomic E-state index is 0.284. The number of halogens is 2. The number of hydrogen-bond donors (Lipinski definition) is 3. The van der Waals surface area contributed by atoms with Crippen molar-refractivity contribution in [3.05, 3.63) is 71.3 Å². The molecule has 0 spiro atoms. The van der Waals surface area contributed by atoms with Crippen LogP contribution in [0.25, 0.3) is 0 Å². The number of amides is 2. The zero-order valence-corrected chi connectivity index (χ0v) is 13.3. The monoisotopic (exact) mass is 334 g/mol. The van der Waals surface area contributed by atoms with Crippen LogP contribution in [-0.2, 0) is 0 Å². The quantitative estimate of drug-likeness (QED) is 0.758. The molecule has 3 N–H and O–H groups in total. The van der Waals surface area contributed by atoms with Gasteiger partial charge in [-0.15, -0.1) is 0 Å². The van der Waals surface area contributed by atoms with Gasteiger partial charge in [0.25, 0.3) is 0 Å². The van der Waals surface area contributed by atoms with Crippen molar-refractivity contribution < 1.29 is 18.7 Å². The fourth-order valence-corrected chi connectivity index (χ4v) is 2.28. The normalized spacial score (nSPS) is 13.2. The van der Waals surface area contributed by atoms with Crippen molar-refractivity contribution in [1.29, 1.82) is 0 Å². The van der Waals surface area contributed by atoms with E-state index in [9.17, 15) is 18.7 Å². The summed E-state index contributed by atoms with van der Waals surface area (Å²) in [7, 11) is 0. The molecule has 4 nitrogen and oxygen atoms in total. The average Bonchev–Trinajstić information content (AvgIpc) is 2.58. The summed E-state index contributed by atoms with van der Waals surface area (Å²) in [5, 5.41) is 15.3. The van der Waals surface area contributed by atoms with Crippen LogP contribution in [0.2, 0.25) is 0 Å². The Morgan fingerprint density at radius 1 is 1.08 bits per heavy atom. The second kappa shape index (κ2) is 8.40. The van der Waals surface area contributed by atoms with Crippen molar-refractivity contribution >= 4 is 6.03 Å². The van der Waals surface area contributed by atoms with Crippen molar-refractivity contribution in [1.82, 2.24) is 10.6 Å². The second-order valence-electron chi connectivity index (χ2n) is 5.51. The Kier molecular flexibility index (Phi) is 6.26. The molecule has 0 fully saturated rings. The number of benzene rings is 2. The van der Waals surface area contributed by atoms with E-state index in [-0.39, 0.29) is 6.54 Å². The molecule has 0 aliphatic rings. The highest BCUT2D eigenvalue weighted by Crippen LogP contribution is 2.16. The van der Waals surface area contributed by atoms with Gasteiger partial charge in [-0.25, -0.2) is 13.6 Å². The number of nitrogens with one attached hydrogen (secondary N) is 2. The number of aliphatic hydroxyl groups excluding tert-OH is 1. The Morgan fingerprint density at radius 3 is 2.46 bits per heavy atom. The summed E-state index contributed by atoms with van der Waals surface area (Å²) in [5.74, 6) is -1.88. The number of rotatable bonds is 6. The summed E-state index contributed by atoms with van der Waals surface area (Å²) in [6, 6.07) is 11.8. The van der Waals surface area contributed by atoms with E-state index in [0.717, 1.165) is 17.7 Å². The van der Waals surface area contributed by atoms with Crippen LogP contribution >= 0.6 is 0 Å². The van der Waals surface area contributed by atoms with E-state index in [4.69, 9.17) is 0 Å². The summed E-state index contributed by atoms with van der Waals surface area (Å²) in [4.78, 5) is 11.8. The van der Waals surface area contributed by atoms with Crippen LogP contribution in [0, 0.1) is 11.6 Å². The third-order valence-electron chi connectivity index (χ3n) is 3.68. The molecule has 2 aromatic rings. The zero-order chi connectivity index (χ0) is 17.5. The van der Waals surface area contributed by atoms with E-state index in [1.54, 1.807) is 6.92 Å². The van der Waals surface area contributed by atoms with E-state index in [1.165, 1.54) is 6.07 Å². The Morgan fingerprint density at radius 2 is 1.79 bits per heavy atom. The maximum absolute atomic E-state index is 13.2. The van der Waals surface area contributed by atoms with E-state index in [1.807, 2.05) is 30.3 Å². The Labute approximate surface area is 139 Å². The molecule has 2 aromatic carbocycles. The molecule has 0 bridgehead atoms. The molecule has 0 radical (unpaired) electrons. The molecule has 0 saturated heterocycles. The topological polar surface area (TPSA) is 61.4 Å². The first kappa shape index (κ1) is 17.9. The standard InChI is InChI=1S/C18H20F2N2O2/c1-12(14-7-8-15(19)16(20)11-14)22-18(24)21-10-9-17(23)13-5-3-2-4-6-13/h2-8,11-12,17,23H,9-10H2,1H3,(H2,21,22,24). The van der Waals surface area contributed by atoms with Crippen molar-refractivity contribution in [2.75, 3.05) is 6.54 Å². The third kappa shape index (κ3) is 5.03. The van der Waals surface area contributed by atoms with Crippen LogP contribution in [0.15, 0.2) is 48.5 Å². The van der Waals surface area contributed by atoms with Crippen molar-refractivity contribution in [3.63, 3.8) is 0 Å². The summed E-state index contributed by atoms with van der Waals surface area (Å²) in [5.41, 5.74) is 1.25. The van der Waals surface area contributed by atoms with Gasteiger partial charge in [0.15, 0.2) is 11.6 Å². The second-order valence-corrected chi connectivity index (χ2v) is 5.51. The van der Waals surface area contributed by atoms with Gasteiger partial charge in [0, 0.05) is 6.54 Å². The highest BCUT2D eigenvalue weighted by Gasteiger charge is 2.12. The SMILES string of the molecule is CC(NC(=O)NCCC(O)c1ccccc1)c1ccc(F)c(F)c1. The van der Waals surface area contributed by atoms with Crippen molar-refractivity contribution in [2.45, 2.75) is 25.5 Å². The van der Waals surface area contributed by atoms with E-state index in [0.29, 0.717) is 12.0 Å². The predicted molar refractivity (Wildman–Crippen MR) is 87.3 cm³/mol. The van der Waals surface area contributed by atoms with Crippen LogP contribution in [0.5, 0.6) is 0 Å². The van der Waals surface area contributed by atoms with Crippen LogP contribution in [0.3, 0.4) is 0 Å². The smallest absolute Gasteiger partial charge is 0.315 e. The lowest BCUT2D eigenvalue weighted by atomic mass is 10.1. The van der Waals surface area contributed by atoms with Gasteiger partial charge < -0.3 is 15.7 Å². The molecular formula is C18H20F2N2O2. The molecule has 0 aromatic heterocycles. The van der Waals surface area contributed by atoms with Crippen LogP contribution in [0.1, 0.15) is 36.6 Å². The summed E-state index contributed by atoms with van der Waals surface area (Å²) < 4.78 is 26.1. The van der Waals surface area contributed by atoms with E-state index < -0.39 is 29.8 Å². The predicted octanol–water partition coefficient (Wildman–Crippen LogP) is 3.45. The average molecular weight is 334 g/mol. The molecule has 2 atom stereocenters. The number of hydrogen-bond acceptors (Lipinski definition) is 2. The molecule has 2 unspecified atom stereocenters. The molecule has 0 saturated carbocycles. The van der Waals surface area contributed by atoms with Crippen molar-refractivity contribution in [3.8, 4) is 0 Å². The molecule has 6 heteroatoms. The summed E-state index contributed by atoms with van der Waals surface area (Å²) >= 11 is 0. The van der Waals surface area contributed by atoms with Crippen LogP contribution < -0.4 is 10.6 Å².